The molecule has 2 amide bonds. The van der Waals surface area contributed by atoms with Crippen molar-refractivity contribution in [2.24, 2.45) is 12.1 Å². The molecule has 2 aromatic rings. The number of urea groups is 1. The van der Waals surface area contributed by atoms with E-state index in [1.54, 1.807) is 17.0 Å². The first kappa shape index (κ1) is 13.8. The molecule has 2 N–H and O–H groups in total. The molecule has 2 rings (SSSR count). The Morgan fingerprint density at radius 2 is 2.20 bits per heavy atom. The topological polar surface area (TPSA) is 71.3 Å². The van der Waals surface area contributed by atoms with Crippen molar-refractivity contribution in [3.05, 3.63) is 47.5 Å². The second-order valence-electron chi connectivity index (χ2n) is 4.54. The van der Waals surface area contributed by atoms with Crippen LogP contribution in [0, 0.1) is 13.8 Å². The molecule has 0 radical (unpaired) electrons. The van der Waals surface area contributed by atoms with Crippen LogP contribution in [0.3, 0.4) is 0 Å². The second-order valence-corrected chi connectivity index (χ2v) is 4.54. The number of nitrogens with zero attached hydrogens (tertiary/aromatic N) is 3. The number of nitrogens with one attached hydrogen (secondary N) is 2. The number of carbonyl (C=O) groups is 1. The van der Waals surface area contributed by atoms with Gasteiger partial charge in [-0.3, -0.25) is 0 Å². The van der Waals surface area contributed by atoms with E-state index in [0.29, 0.717) is 5.82 Å². The summed E-state index contributed by atoms with van der Waals surface area (Å²) in [5, 5.41) is 6.59. The number of carbonyl (C=O) groups excluding carboxylic acids is 1. The molecule has 0 bridgehead atoms. The van der Waals surface area contributed by atoms with E-state index >= 15 is 0 Å². The Bertz CT molecular complexity index is 645. The first-order chi connectivity index (χ1) is 9.56. The van der Waals surface area contributed by atoms with Gasteiger partial charge in [0.25, 0.3) is 0 Å². The highest BCUT2D eigenvalue weighted by atomic mass is 16.2. The van der Waals surface area contributed by atoms with E-state index in [1.807, 2.05) is 39.1 Å². The van der Waals surface area contributed by atoms with E-state index in [0.717, 1.165) is 16.8 Å². The summed E-state index contributed by atoms with van der Waals surface area (Å²) in [5.41, 5.74) is 5.33. The summed E-state index contributed by atoms with van der Waals surface area (Å²) in [6, 6.07) is 5.43. The fourth-order valence-corrected chi connectivity index (χ4v) is 1.75. The quantitative estimate of drug-likeness (QED) is 0.663. The zero-order valence-corrected chi connectivity index (χ0v) is 11.7. The third kappa shape index (κ3) is 3.44. The summed E-state index contributed by atoms with van der Waals surface area (Å²) in [6.45, 7) is 3.95. The van der Waals surface area contributed by atoms with Crippen molar-refractivity contribution in [1.29, 1.82) is 0 Å². The number of aryl methyl sites for hydroxylation is 3. The maximum Gasteiger partial charge on any atom is 0.339 e. The van der Waals surface area contributed by atoms with Crippen LogP contribution in [0.4, 0.5) is 10.5 Å². The average Bonchev–Trinajstić information content (AvgIpc) is 2.79. The zero-order valence-electron chi connectivity index (χ0n) is 11.7. The van der Waals surface area contributed by atoms with Crippen LogP contribution in [0.5, 0.6) is 0 Å². The van der Waals surface area contributed by atoms with Crippen LogP contribution in [-0.2, 0) is 7.05 Å². The van der Waals surface area contributed by atoms with Gasteiger partial charge in [0.15, 0.2) is 5.82 Å². The van der Waals surface area contributed by atoms with Gasteiger partial charge in [-0.15, -0.1) is 0 Å². The van der Waals surface area contributed by atoms with Crippen LogP contribution in [0.25, 0.3) is 0 Å². The van der Waals surface area contributed by atoms with Gasteiger partial charge in [-0.25, -0.2) is 15.2 Å². The molecule has 1 aromatic carbocycles. The van der Waals surface area contributed by atoms with Crippen LogP contribution >= 0.6 is 0 Å². The molecule has 20 heavy (non-hydrogen) atoms. The van der Waals surface area contributed by atoms with Crippen molar-refractivity contribution in [2.75, 3.05) is 5.32 Å². The Morgan fingerprint density at radius 3 is 2.85 bits per heavy atom. The first-order valence-electron chi connectivity index (χ1n) is 6.21. The Morgan fingerprint density at radius 1 is 1.40 bits per heavy atom. The number of hydrogen-bond acceptors (Lipinski definition) is 3. The number of hydrogen-bond donors (Lipinski definition) is 2. The summed E-state index contributed by atoms with van der Waals surface area (Å²) in [7, 11) is 1.85. The molecule has 104 valence electrons. The summed E-state index contributed by atoms with van der Waals surface area (Å²) in [5.74, 6) is 0.664. The number of rotatable bonds is 3. The molecule has 0 fully saturated rings. The normalized spacial score (nSPS) is 10.8. The van der Waals surface area contributed by atoms with Crippen LogP contribution in [-0.4, -0.2) is 21.8 Å². The molecular weight excluding hydrogens is 254 g/mol. The third-order valence-corrected chi connectivity index (χ3v) is 2.83. The number of aromatic nitrogens is 2. The van der Waals surface area contributed by atoms with Crippen molar-refractivity contribution in [2.45, 2.75) is 13.8 Å². The molecule has 0 aliphatic rings. The van der Waals surface area contributed by atoms with Gasteiger partial charge < -0.3 is 9.88 Å². The molecule has 0 aliphatic carbocycles. The molecule has 0 atom stereocenters. The lowest BCUT2D eigenvalue weighted by atomic mass is 10.1. The standard InChI is InChI=1S/C14H17N5O/c1-10-4-5-12(11(2)8-10)17-14(20)18-16-9-13-15-6-7-19(13)3/h4-9H,1-3H3,(H2,17,18,20). The zero-order chi connectivity index (χ0) is 14.5. The fourth-order valence-electron chi connectivity index (χ4n) is 1.75. The smallest absolute Gasteiger partial charge is 0.333 e. The van der Waals surface area contributed by atoms with Gasteiger partial charge in [-0.1, -0.05) is 17.7 Å². The van der Waals surface area contributed by atoms with Crippen LogP contribution < -0.4 is 10.7 Å². The van der Waals surface area contributed by atoms with Gasteiger partial charge in [0.2, 0.25) is 0 Å². The lowest BCUT2D eigenvalue weighted by molar-refractivity contribution is 0.252. The molecule has 0 saturated heterocycles. The SMILES string of the molecule is Cc1ccc(NC(=O)NN=Cc2nccn2C)c(C)c1. The molecule has 1 heterocycles. The Labute approximate surface area is 117 Å². The average molecular weight is 271 g/mol. The van der Waals surface area contributed by atoms with E-state index in [9.17, 15) is 4.79 Å². The predicted octanol–water partition coefficient (Wildman–Crippen LogP) is 2.19. The predicted molar refractivity (Wildman–Crippen MR) is 78.9 cm³/mol. The first-order valence-corrected chi connectivity index (χ1v) is 6.21. The minimum Gasteiger partial charge on any atom is -0.333 e. The van der Waals surface area contributed by atoms with Gasteiger partial charge in [0.05, 0.1) is 6.21 Å². The maximum atomic E-state index is 11.7. The number of imidazole rings is 1. The lowest BCUT2D eigenvalue weighted by Crippen LogP contribution is -2.24. The monoisotopic (exact) mass is 271 g/mol. The van der Waals surface area contributed by atoms with Crippen LogP contribution in [0.15, 0.2) is 35.7 Å². The molecular formula is C14H17N5O. The molecule has 0 aliphatic heterocycles. The largest absolute Gasteiger partial charge is 0.339 e. The second kappa shape index (κ2) is 6.01. The van der Waals surface area contributed by atoms with Crippen molar-refractivity contribution in [1.82, 2.24) is 15.0 Å². The molecule has 6 heteroatoms. The number of amides is 2. The minimum atomic E-state index is -0.387. The number of hydrazone groups is 1. The highest BCUT2D eigenvalue weighted by molar-refractivity contribution is 5.90. The Balaban J connectivity index is 1.93. The Hall–Kier alpha value is -2.63. The van der Waals surface area contributed by atoms with Crippen molar-refractivity contribution < 1.29 is 4.79 Å². The van der Waals surface area contributed by atoms with E-state index in [4.69, 9.17) is 0 Å². The van der Waals surface area contributed by atoms with Crippen molar-refractivity contribution in [3.8, 4) is 0 Å². The minimum absolute atomic E-state index is 0.387. The van der Waals surface area contributed by atoms with Gasteiger partial charge in [-0.2, -0.15) is 5.10 Å². The van der Waals surface area contributed by atoms with Crippen molar-refractivity contribution in [3.63, 3.8) is 0 Å². The molecule has 0 unspecified atom stereocenters. The summed E-state index contributed by atoms with van der Waals surface area (Å²) >= 11 is 0. The molecule has 0 saturated carbocycles. The van der Waals surface area contributed by atoms with Crippen LogP contribution in [0.1, 0.15) is 17.0 Å². The summed E-state index contributed by atoms with van der Waals surface area (Å²) < 4.78 is 1.80. The third-order valence-electron chi connectivity index (χ3n) is 2.83. The fraction of sp³-hybridized carbons (Fsp3) is 0.214. The maximum absolute atomic E-state index is 11.7. The Kier molecular flexibility index (Phi) is 4.14. The molecule has 1 aromatic heterocycles. The lowest BCUT2D eigenvalue weighted by Gasteiger charge is -2.08. The number of benzene rings is 1. The van der Waals surface area contributed by atoms with E-state index in [-0.39, 0.29) is 6.03 Å². The highest BCUT2D eigenvalue weighted by Crippen LogP contribution is 2.15. The highest BCUT2D eigenvalue weighted by Gasteiger charge is 2.03. The summed E-state index contributed by atoms with van der Waals surface area (Å²) in [4.78, 5) is 15.8. The van der Waals surface area contributed by atoms with Gasteiger partial charge in [-0.05, 0) is 25.5 Å². The van der Waals surface area contributed by atoms with Crippen LogP contribution in [0.2, 0.25) is 0 Å². The summed E-state index contributed by atoms with van der Waals surface area (Å²) in [6.07, 6.45) is 4.95. The molecule has 6 nitrogen and oxygen atoms in total. The van der Waals surface area contributed by atoms with Gasteiger partial charge in [0.1, 0.15) is 0 Å². The van der Waals surface area contributed by atoms with Gasteiger partial charge >= 0.3 is 6.03 Å². The molecule has 0 spiro atoms. The number of anilines is 1. The van der Waals surface area contributed by atoms with Gasteiger partial charge in [0, 0.05) is 25.1 Å². The van der Waals surface area contributed by atoms with E-state index < -0.39 is 0 Å². The van der Waals surface area contributed by atoms with E-state index in [2.05, 4.69) is 20.8 Å². The van der Waals surface area contributed by atoms with Crippen molar-refractivity contribution >= 4 is 17.9 Å². The van der Waals surface area contributed by atoms with E-state index in [1.165, 1.54) is 6.21 Å².